The Labute approximate surface area is 114 Å². The average molecular weight is 347 g/mol. The molecule has 0 aromatic heterocycles. The number of rotatable bonds is 5. The summed E-state index contributed by atoms with van der Waals surface area (Å²) in [6.45, 7) is 1.73. The summed E-state index contributed by atoms with van der Waals surface area (Å²) in [4.78, 5) is 22.1. The molecule has 1 amide bonds. The summed E-state index contributed by atoms with van der Waals surface area (Å²) in [5, 5.41) is 11.3. The van der Waals surface area contributed by atoms with Crippen LogP contribution in [0.3, 0.4) is 0 Å². The van der Waals surface area contributed by atoms with Crippen LogP contribution in [0, 0.1) is 9.49 Å². The Hall–Kier alpha value is -1.11. The van der Waals surface area contributed by atoms with Gasteiger partial charge in [-0.3, -0.25) is 9.59 Å². The van der Waals surface area contributed by atoms with E-state index in [1.54, 1.807) is 6.92 Å². The number of carboxylic acids is 1. The van der Waals surface area contributed by atoms with Crippen LogP contribution < -0.4 is 5.32 Å². The van der Waals surface area contributed by atoms with E-state index in [0.717, 1.165) is 9.13 Å². The van der Waals surface area contributed by atoms with Gasteiger partial charge in [-0.1, -0.05) is 19.1 Å². The van der Waals surface area contributed by atoms with E-state index < -0.39 is 11.9 Å². The molecule has 0 fully saturated rings. The van der Waals surface area contributed by atoms with Gasteiger partial charge in [0.25, 0.3) is 0 Å². The molecule has 92 valence electrons. The van der Waals surface area contributed by atoms with E-state index >= 15 is 0 Å². The number of nitrogens with one attached hydrogen (secondary N) is 1. The highest BCUT2D eigenvalue weighted by atomic mass is 127. The number of carboxylic acid groups (broad SMARTS) is 1. The standard InChI is InChI=1S/C12H14INO3/c1-8(12(16)17)7-14-11(15)6-9-3-2-4-10(13)5-9/h2-5,8H,6-7H2,1H3,(H,14,15)(H,16,17). The Bertz CT molecular complexity index is 420. The molecule has 1 rings (SSSR count). The summed E-state index contributed by atoms with van der Waals surface area (Å²) in [5.41, 5.74) is 0.928. The first-order valence-electron chi connectivity index (χ1n) is 5.23. The zero-order chi connectivity index (χ0) is 12.8. The maximum absolute atomic E-state index is 11.5. The molecule has 0 spiro atoms. The predicted octanol–water partition coefficient (Wildman–Crippen LogP) is 1.67. The first-order chi connectivity index (χ1) is 7.99. The monoisotopic (exact) mass is 347 g/mol. The third-order valence-electron chi connectivity index (χ3n) is 2.28. The molecule has 0 aliphatic carbocycles. The van der Waals surface area contributed by atoms with Gasteiger partial charge in [-0.2, -0.15) is 0 Å². The third kappa shape index (κ3) is 5.16. The van der Waals surface area contributed by atoms with Crippen molar-refractivity contribution in [1.29, 1.82) is 0 Å². The Balaban J connectivity index is 2.42. The van der Waals surface area contributed by atoms with E-state index in [4.69, 9.17) is 5.11 Å². The highest BCUT2D eigenvalue weighted by Gasteiger charge is 2.12. The zero-order valence-electron chi connectivity index (χ0n) is 9.44. The van der Waals surface area contributed by atoms with Gasteiger partial charge in [-0.15, -0.1) is 0 Å². The fraction of sp³-hybridized carbons (Fsp3) is 0.333. The molecule has 5 heteroatoms. The van der Waals surface area contributed by atoms with Gasteiger partial charge in [0.1, 0.15) is 0 Å². The van der Waals surface area contributed by atoms with Crippen molar-refractivity contribution in [3.63, 3.8) is 0 Å². The van der Waals surface area contributed by atoms with E-state index in [9.17, 15) is 9.59 Å². The van der Waals surface area contributed by atoms with E-state index in [-0.39, 0.29) is 18.9 Å². The van der Waals surface area contributed by atoms with Crippen LogP contribution in [-0.2, 0) is 16.0 Å². The van der Waals surface area contributed by atoms with Crippen LogP contribution in [0.1, 0.15) is 12.5 Å². The fourth-order valence-electron chi connectivity index (χ4n) is 1.25. The SMILES string of the molecule is CC(CNC(=O)Cc1cccc(I)c1)C(=O)O. The number of hydrogen-bond donors (Lipinski definition) is 2. The van der Waals surface area contributed by atoms with E-state index in [1.165, 1.54) is 0 Å². The summed E-state index contributed by atoms with van der Waals surface area (Å²) < 4.78 is 1.08. The van der Waals surface area contributed by atoms with E-state index in [2.05, 4.69) is 27.9 Å². The van der Waals surface area contributed by atoms with Crippen LogP contribution in [0.25, 0.3) is 0 Å². The van der Waals surface area contributed by atoms with Gasteiger partial charge in [0, 0.05) is 10.1 Å². The fourth-order valence-corrected chi connectivity index (χ4v) is 1.86. The normalized spacial score (nSPS) is 11.9. The van der Waals surface area contributed by atoms with Gasteiger partial charge in [0.05, 0.1) is 12.3 Å². The lowest BCUT2D eigenvalue weighted by molar-refractivity contribution is -0.141. The van der Waals surface area contributed by atoms with E-state index in [0.29, 0.717) is 0 Å². The first-order valence-corrected chi connectivity index (χ1v) is 6.31. The molecule has 0 bridgehead atoms. The Morgan fingerprint density at radius 2 is 2.18 bits per heavy atom. The quantitative estimate of drug-likeness (QED) is 0.797. The molecule has 1 aromatic carbocycles. The molecular weight excluding hydrogens is 333 g/mol. The number of aliphatic carboxylic acids is 1. The maximum Gasteiger partial charge on any atom is 0.308 e. The second-order valence-corrected chi connectivity index (χ2v) is 5.10. The Morgan fingerprint density at radius 3 is 2.76 bits per heavy atom. The van der Waals surface area contributed by atoms with Crippen molar-refractivity contribution >= 4 is 34.5 Å². The van der Waals surface area contributed by atoms with Crippen LogP contribution in [0.2, 0.25) is 0 Å². The van der Waals surface area contributed by atoms with Crippen molar-refractivity contribution in [3.05, 3.63) is 33.4 Å². The first kappa shape index (κ1) is 14.0. The molecule has 0 aliphatic heterocycles. The third-order valence-corrected chi connectivity index (χ3v) is 2.95. The van der Waals surface area contributed by atoms with Crippen molar-refractivity contribution in [2.75, 3.05) is 6.54 Å². The molecule has 0 heterocycles. The van der Waals surface area contributed by atoms with Crippen molar-refractivity contribution < 1.29 is 14.7 Å². The van der Waals surface area contributed by atoms with Crippen LogP contribution >= 0.6 is 22.6 Å². The number of benzene rings is 1. The van der Waals surface area contributed by atoms with Gasteiger partial charge in [0.2, 0.25) is 5.91 Å². The molecule has 1 unspecified atom stereocenters. The molecule has 0 saturated carbocycles. The van der Waals surface area contributed by atoms with Crippen LogP contribution in [-0.4, -0.2) is 23.5 Å². The Morgan fingerprint density at radius 1 is 1.47 bits per heavy atom. The lowest BCUT2D eigenvalue weighted by Gasteiger charge is -2.08. The van der Waals surface area contributed by atoms with Crippen molar-refractivity contribution in [2.24, 2.45) is 5.92 Å². The minimum absolute atomic E-state index is 0.153. The molecule has 4 nitrogen and oxygen atoms in total. The summed E-state index contributed by atoms with van der Waals surface area (Å²) in [7, 11) is 0. The van der Waals surface area contributed by atoms with Gasteiger partial charge in [-0.25, -0.2) is 0 Å². The molecule has 2 N–H and O–H groups in total. The summed E-state index contributed by atoms with van der Waals surface area (Å²) in [6.07, 6.45) is 0.281. The largest absolute Gasteiger partial charge is 0.481 e. The summed E-state index contributed by atoms with van der Waals surface area (Å²) >= 11 is 2.18. The van der Waals surface area contributed by atoms with Crippen molar-refractivity contribution in [2.45, 2.75) is 13.3 Å². The van der Waals surface area contributed by atoms with Crippen LogP contribution in [0.15, 0.2) is 24.3 Å². The van der Waals surface area contributed by atoms with E-state index in [1.807, 2.05) is 24.3 Å². The second-order valence-electron chi connectivity index (χ2n) is 3.85. The highest BCUT2D eigenvalue weighted by molar-refractivity contribution is 14.1. The smallest absolute Gasteiger partial charge is 0.308 e. The molecule has 17 heavy (non-hydrogen) atoms. The Kier molecular flexibility index (Phi) is 5.40. The lowest BCUT2D eigenvalue weighted by Crippen LogP contribution is -2.32. The molecule has 0 saturated heterocycles. The summed E-state index contributed by atoms with van der Waals surface area (Å²) in [5.74, 6) is -1.62. The molecule has 1 atom stereocenters. The number of halogens is 1. The average Bonchev–Trinajstić information content (AvgIpc) is 2.25. The minimum Gasteiger partial charge on any atom is -0.481 e. The van der Waals surface area contributed by atoms with Gasteiger partial charge >= 0.3 is 5.97 Å². The predicted molar refractivity (Wildman–Crippen MR) is 72.7 cm³/mol. The van der Waals surface area contributed by atoms with Crippen molar-refractivity contribution in [3.8, 4) is 0 Å². The number of amides is 1. The molecular formula is C12H14INO3. The number of carbonyl (C=O) groups excluding carboxylic acids is 1. The zero-order valence-corrected chi connectivity index (χ0v) is 11.6. The number of carbonyl (C=O) groups is 2. The molecule has 1 aromatic rings. The topological polar surface area (TPSA) is 66.4 Å². The second kappa shape index (κ2) is 6.58. The lowest BCUT2D eigenvalue weighted by atomic mass is 10.1. The maximum atomic E-state index is 11.5. The van der Waals surface area contributed by atoms with Gasteiger partial charge in [0.15, 0.2) is 0 Å². The number of hydrogen-bond acceptors (Lipinski definition) is 2. The van der Waals surface area contributed by atoms with Gasteiger partial charge < -0.3 is 10.4 Å². The van der Waals surface area contributed by atoms with Crippen molar-refractivity contribution in [1.82, 2.24) is 5.32 Å². The highest BCUT2D eigenvalue weighted by Crippen LogP contribution is 2.08. The van der Waals surface area contributed by atoms with Crippen LogP contribution in [0.4, 0.5) is 0 Å². The molecule has 0 radical (unpaired) electrons. The minimum atomic E-state index is -0.903. The molecule has 0 aliphatic rings. The van der Waals surface area contributed by atoms with Gasteiger partial charge in [-0.05, 0) is 40.3 Å². The summed E-state index contributed by atoms with van der Waals surface area (Å²) in [6, 6.07) is 7.65. The van der Waals surface area contributed by atoms with Crippen LogP contribution in [0.5, 0.6) is 0 Å².